The Bertz CT molecular complexity index is 1350. The van der Waals surface area contributed by atoms with E-state index >= 15 is 0 Å². The number of ether oxygens (including phenoxy) is 1. The largest absolute Gasteiger partial charge is 0.488 e. The number of hydrogen-bond donors (Lipinski definition) is 1. The molecule has 1 saturated heterocycles. The number of aryl methyl sites for hydroxylation is 2. The summed E-state index contributed by atoms with van der Waals surface area (Å²) in [6.45, 7) is 3.92. The number of carbonyl (C=O) groups is 3. The fourth-order valence-corrected chi connectivity index (χ4v) is 4.03. The van der Waals surface area contributed by atoms with Gasteiger partial charge in [0, 0.05) is 15.6 Å². The summed E-state index contributed by atoms with van der Waals surface area (Å²) in [6, 6.07) is 16.6. The lowest BCUT2D eigenvalue weighted by molar-refractivity contribution is -0.122. The number of carbonyl (C=O) groups excluding carboxylic acids is 3. The van der Waals surface area contributed by atoms with Crippen molar-refractivity contribution >= 4 is 52.8 Å². The molecule has 34 heavy (non-hydrogen) atoms. The molecule has 1 N–H and O–H groups in total. The van der Waals surface area contributed by atoms with Gasteiger partial charge in [0.05, 0.1) is 5.69 Å². The van der Waals surface area contributed by atoms with Crippen LogP contribution in [0.2, 0.25) is 10.0 Å². The van der Waals surface area contributed by atoms with E-state index in [1.807, 2.05) is 25.1 Å². The molecule has 3 aromatic carbocycles. The molecule has 1 aliphatic heterocycles. The van der Waals surface area contributed by atoms with Crippen molar-refractivity contribution < 1.29 is 19.1 Å². The van der Waals surface area contributed by atoms with Gasteiger partial charge in [0.15, 0.2) is 0 Å². The number of urea groups is 1. The molecule has 8 heteroatoms. The second kappa shape index (κ2) is 9.71. The van der Waals surface area contributed by atoms with E-state index in [1.165, 1.54) is 6.08 Å². The van der Waals surface area contributed by atoms with E-state index in [0.29, 0.717) is 27.0 Å². The number of anilines is 1. The molecule has 0 spiro atoms. The van der Waals surface area contributed by atoms with E-state index in [-0.39, 0.29) is 12.2 Å². The van der Waals surface area contributed by atoms with Crippen LogP contribution >= 0.6 is 23.2 Å². The first-order valence-corrected chi connectivity index (χ1v) is 11.1. The second-order valence-electron chi connectivity index (χ2n) is 7.85. The summed E-state index contributed by atoms with van der Waals surface area (Å²) in [4.78, 5) is 39.4. The number of nitrogens with zero attached hydrogens (tertiary/aromatic N) is 1. The summed E-state index contributed by atoms with van der Waals surface area (Å²) in [5.74, 6) is -1.12. The number of rotatable bonds is 5. The third-order valence-electron chi connectivity index (χ3n) is 5.25. The molecule has 0 bridgehead atoms. The van der Waals surface area contributed by atoms with E-state index in [0.717, 1.165) is 21.6 Å². The Morgan fingerprint density at radius 3 is 2.44 bits per heavy atom. The Kier molecular flexibility index (Phi) is 6.72. The Morgan fingerprint density at radius 1 is 0.941 bits per heavy atom. The molecule has 4 amide bonds. The zero-order valence-electron chi connectivity index (χ0n) is 18.4. The monoisotopic (exact) mass is 494 g/mol. The lowest BCUT2D eigenvalue weighted by Crippen LogP contribution is -2.54. The van der Waals surface area contributed by atoms with Crippen molar-refractivity contribution in [1.82, 2.24) is 5.32 Å². The van der Waals surface area contributed by atoms with Crippen LogP contribution in [0.15, 0.2) is 66.2 Å². The smallest absolute Gasteiger partial charge is 0.335 e. The molecular formula is C26H20Cl2N2O4. The second-order valence-corrected chi connectivity index (χ2v) is 8.72. The summed E-state index contributed by atoms with van der Waals surface area (Å²) >= 11 is 12.2. The predicted molar refractivity (Wildman–Crippen MR) is 132 cm³/mol. The molecule has 0 radical (unpaired) electrons. The number of benzene rings is 3. The first-order chi connectivity index (χ1) is 16.2. The van der Waals surface area contributed by atoms with Crippen LogP contribution in [0.1, 0.15) is 22.3 Å². The average Bonchev–Trinajstić information content (AvgIpc) is 2.77. The van der Waals surface area contributed by atoms with Gasteiger partial charge in [-0.1, -0.05) is 53.0 Å². The van der Waals surface area contributed by atoms with Gasteiger partial charge in [-0.05, 0) is 67.4 Å². The van der Waals surface area contributed by atoms with Crippen LogP contribution in [0, 0.1) is 13.8 Å². The van der Waals surface area contributed by atoms with Crippen LogP contribution in [0.3, 0.4) is 0 Å². The minimum absolute atomic E-state index is 0.213. The van der Waals surface area contributed by atoms with Crippen molar-refractivity contribution in [1.29, 1.82) is 0 Å². The van der Waals surface area contributed by atoms with Crippen molar-refractivity contribution in [2.45, 2.75) is 20.5 Å². The highest BCUT2D eigenvalue weighted by Crippen LogP contribution is 2.30. The molecule has 0 aromatic heterocycles. The van der Waals surface area contributed by atoms with E-state index in [1.54, 1.807) is 49.4 Å². The zero-order chi connectivity index (χ0) is 24.4. The lowest BCUT2D eigenvalue weighted by Gasteiger charge is -2.27. The standard InChI is InChI=1S/C26H20Cl2N2O4/c1-15-6-8-22(16(2)10-15)30-25(32)21(24(31)29-26(30)33)13-18-12-20(28)7-9-23(18)34-14-17-4-3-5-19(27)11-17/h3-13H,14H2,1-2H3,(H,29,31,33)/b21-13+. The van der Waals surface area contributed by atoms with Gasteiger partial charge in [-0.2, -0.15) is 0 Å². The van der Waals surface area contributed by atoms with E-state index < -0.39 is 17.8 Å². The van der Waals surface area contributed by atoms with Crippen molar-refractivity contribution in [3.05, 3.63) is 98.5 Å². The normalized spacial score (nSPS) is 15.0. The summed E-state index contributed by atoms with van der Waals surface area (Å²) in [5.41, 5.74) is 3.16. The number of barbiturate groups is 1. The van der Waals surface area contributed by atoms with Gasteiger partial charge in [0.2, 0.25) is 0 Å². The minimum atomic E-state index is -0.803. The minimum Gasteiger partial charge on any atom is -0.488 e. The zero-order valence-corrected chi connectivity index (χ0v) is 19.9. The molecule has 1 aliphatic rings. The van der Waals surface area contributed by atoms with E-state index in [4.69, 9.17) is 27.9 Å². The summed E-state index contributed by atoms with van der Waals surface area (Å²) in [5, 5.41) is 3.22. The van der Waals surface area contributed by atoms with Crippen LogP contribution in [-0.2, 0) is 16.2 Å². The van der Waals surface area contributed by atoms with Crippen molar-refractivity contribution in [3.63, 3.8) is 0 Å². The third kappa shape index (κ3) is 4.98. The molecule has 4 rings (SSSR count). The Morgan fingerprint density at radius 2 is 1.71 bits per heavy atom. The SMILES string of the molecule is Cc1ccc(N2C(=O)NC(=O)/C(=C\c3cc(Cl)ccc3OCc3cccc(Cl)c3)C2=O)c(C)c1. The summed E-state index contributed by atoms with van der Waals surface area (Å²) in [6.07, 6.45) is 1.37. The highest BCUT2D eigenvalue weighted by Gasteiger charge is 2.37. The van der Waals surface area contributed by atoms with Crippen LogP contribution in [0.25, 0.3) is 6.08 Å². The quantitative estimate of drug-likeness (QED) is 0.356. The Hall–Kier alpha value is -3.61. The van der Waals surface area contributed by atoms with Crippen molar-refractivity contribution in [3.8, 4) is 5.75 Å². The summed E-state index contributed by atoms with van der Waals surface area (Å²) in [7, 11) is 0. The van der Waals surface area contributed by atoms with Crippen LogP contribution in [-0.4, -0.2) is 17.8 Å². The first kappa shape index (κ1) is 23.5. The van der Waals surface area contributed by atoms with E-state index in [9.17, 15) is 14.4 Å². The van der Waals surface area contributed by atoms with Gasteiger partial charge in [0.1, 0.15) is 17.9 Å². The number of hydrogen-bond acceptors (Lipinski definition) is 4. The highest BCUT2D eigenvalue weighted by atomic mass is 35.5. The molecule has 6 nitrogen and oxygen atoms in total. The van der Waals surface area contributed by atoms with Crippen LogP contribution in [0.5, 0.6) is 5.75 Å². The van der Waals surface area contributed by atoms with Gasteiger partial charge >= 0.3 is 6.03 Å². The predicted octanol–water partition coefficient (Wildman–Crippen LogP) is 5.86. The number of halogens is 2. The van der Waals surface area contributed by atoms with Gasteiger partial charge in [-0.3, -0.25) is 14.9 Å². The molecular weight excluding hydrogens is 475 g/mol. The van der Waals surface area contributed by atoms with Gasteiger partial charge < -0.3 is 4.74 Å². The lowest BCUT2D eigenvalue weighted by atomic mass is 10.0. The maximum absolute atomic E-state index is 13.3. The molecule has 1 heterocycles. The maximum atomic E-state index is 13.3. The Balaban J connectivity index is 1.69. The molecule has 3 aromatic rings. The van der Waals surface area contributed by atoms with Crippen molar-refractivity contribution in [2.24, 2.45) is 0 Å². The number of nitrogens with one attached hydrogen (secondary N) is 1. The third-order valence-corrected chi connectivity index (χ3v) is 5.72. The first-order valence-electron chi connectivity index (χ1n) is 10.4. The molecule has 1 fully saturated rings. The van der Waals surface area contributed by atoms with Crippen molar-refractivity contribution in [2.75, 3.05) is 4.90 Å². The number of amides is 4. The molecule has 172 valence electrons. The Labute approximate surface area is 206 Å². The molecule has 0 atom stereocenters. The highest BCUT2D eigenvalue weighted by molar-refractivity contribution is 6.39. The summed E-state index contributed by atoms with van der Waals surface area (Å²) < 4.78 is 5.92. The molecule has 0 aliphatic carbocycles. The van der Waals surface area contributed by atoms with E-state index in [2.05, 4.69) is 5.32 Å². The fraction of sp³-hybridized carbons (Fsp3) is 0.115. The topological polar surface area (TPSA) is 75.7 Å². The van der Waals surface area contributed by atoms with Crippen LogP contribution in [0.4, 0.5) is 10.5 Å². The van der Waals surface area contributed by atoms with Gasteiger partial charge in [-0.15, -0.1) is 0 Å². The molecule has 0 unspecified atom stereocenters. The van der Waals surface area contributed by atoms with Crippen LogP contribution < -0.4 is 15.0 Å². The van der Waals surface area contributed by atoms with Gasteiger partial charge in [0.25, 0.3) is 11.8 Å². The maximum Gasteiger partial charge on any atom is 0.335 e. The van der Waals surface area contributed by atoms with Gasteiger partial charge in [-0.25, -0.2) is 9.69 Å². The number of imide groups is 2. The molecule has 0 saturated carbocycles. The fourth-order valence-electron chi connectivity index (χ4n) is 3.64. The average molecular weight is 495 g/mol.